The molecule has 0 saturated carbocycles. The summed E-state index contributed by atoms with van der Waals surface area (Å²) in [5.74, 6) is -1.91. The van der Waals surface area contributed by atoms with Crippen molar-refractivity contribution in [2.24, 2.45) is 0 Å². The number of nitrogens with one attached hydrogen (secondary N) is 2. The van der Waals surface area contributed by atoms with Crippen LogP contribution in [0.4, 0.5) is 8.78 Å². The van der Waals surface area contributed by atoms with Gasteiger partial charge in [-0.05, 0) is 47.7 Å². The Morgan fingerprint density at radius 1 is 1.14 bits per heavy atom. The van der Waals surface area contributed by atoms with Crippen LogP contribution in [-0.4, -0.2) is 26.5 Å². The molecule has 2 saturated heterocycles. The average Bonchev–Trinajstić information content (AvgIpc) is 2.72. The number of halogens is 3. The Morgan fingerprint density at radius 3 is 2.38 bits per heavy atom. The van der Waals surface area contributed by atoms with E-state index < -0.39 is 26.6 Å². The molecular weight excluding hydrogens is 366 g/mol. The molecule has 116 valence electrons. The van der Waals surface area contributed by atoms with Gasteiger partial charge in [0.2, 0.25) is 10.0 Å². The number of hydrogen-bond acceptors (Lipinski definition) is 3. The normalized spacial score (nSPS) is 28.8. The topological polar surface area (TPSA) is 58.2 Å². The molecule has 2 aliphatic rings. The van der Waals surface area contributed by atoms with Crippen LogP contribution in [0.3, 0.4) is 0 Å². The molecule has 2 bridgehead atoms. The van der Waals surface area contributed by atoms with Crippen LogP contribution in [0, 0.1) is 11.6 Å². The van der Waals surface area contributed by atoms with Gasteiger partial charge in [-0.15, -0.1) is 0 Å². The fourth-order valence-electron chi connectivity index (χ4n) is 3.15. The highest BCUT2D eigenvalue weighted by Gasteiger charge is 2.36. The summed E-state index contributed by atoms with van der Waals surface area (Å²) in [6, 6.07) is 1.97. The highest BCUT2D eigenvalue weighted by atomic mass is 79.9. The first-order chi connectivity index (χ1) is 9.85. The second-order valence-corrected chi connectivity index (χ2v) is 8.16. The van der Waals surface area contributed by atoms with Gasteiger partial charge in [-0.1, -0.05) is 0 Å². The quantitative estimate of drug-likeness (QED) is 0.790. The summed E-state index contributed by atoms with van der Waals surface area (Å²) in [6.45, 7) is 0. The second kappa shape index (κ2) is 5.57. The lowest BCUT2D eigenvalue weighted by Gasteiger charge is -2.29. The van der Waals surface area contributed by atoms with Crippen LogP contribution >= 0.6 is 15.9 Å². The Bertz CT molecular complexity index is 656. The molecule has 8 heteroatoms. The van der Waals surface area contributed by atoms with Gasteiger partial charge in [0.25, 0.3) is 0 Å². The van der Waals surface area contributed by atoms with E-state index in [0.717, 1.165) is 18.9 Å². The smallest absolute Gasteiger partial charge is 0.243 e. The van der Waals surface area contributed by atoms with Gasteiger partial charge >= 0.3 is 0 Å². The first kappa shape index (κ1) is 15.3. The van der Waals surface area contributed by atoms with E-state index in [1.807, 2.05) is 0 Å². The number of benzene rings is 1. The van der Waals surface area contributed by atoms with Crippen molar-refractivity contribution >= 4 is 26.0 Å². The molecule has 4 nitrogen and oxygen atoms in total. The number of rotatable bonds is 3. The molecule has 2 fully saturated rings. The van der Waals surface area contributed by atoms with Gasteiger partial charge in [-0.25, -0.2) is 21.9 Å². The maximum atomic E-state index is 13.8. The zero-order chi connectivity index (χ0) is 15.2. The summed E-state index contributed by atoms with van der Waals surface area (Å²) < 4.78 is 54.0. The van der Waals surface area contributed by atoms with Crippen molar-refractivity contribution in [3.63, 3.8) is 0 Å². The minimum absolute atomic E-state index is 0.0744. The van der Waals surface area contributed by atoms with Gasteiger partial charge in [-0.3, -0.25) is 0 Å². The molecule has 1 aromatic carbocycles. The lowest BCUT2D eigenvalue weighted by Crippen LogP contribution is -2.48. The molecule has 1 aromatic rings. The van der Waals surface area contributed by atoms with Gasteiger partial charge in [0.1, 0.15) is 16.5 Å². The Labute approximate surface area is 130 Å². The molecule has 0 aliphatic carbocycles. The van der Waals surface area contributed by atoms with E-state index in [9.17, 15) is 17.2 Å². The molecule has 2 N–H and O–H groups in total. The molecule has 2 atom stereocenters. The fourth-order valence-corrected chi connectivity index (χ4v) is 4.99. The van der Waals surface area contributed by atoms with Gasteiger partial charge in [0.15, 0.2) is 0 Å². The zero-order valence-electron chi connectivity index (χ0n) is 11.1. The first-order valence-corrected chi connectivity index (χ1v) is 9.05. The first-order valence-electron chi connectivity index (χ1n) is 6.78. The molecule has 3 rings (SSSR count). The van der Waals surface area contributed by atoms with Crippen LogP contribution < -0.4 is 10.0 Å². The monoisotopic (exact) mass is 380 g/mol. The third-order valence-electron chi connectivity index (χ3n) is 4.06. The lowest BCUT2D eigenvalue weighted by molar-refractivity contribution is 0.345. The van der Waals surface area contributed by atoms with Crippen LogP contribution in [0.25, 0.3) is 0 Å². The predicted octanol–water partition coefficient (Wildman–Crippen LogP) is 2.29. The van der Waals surface area contributed by atoms with Crippen LogP contribution in [0.2, 0.25) is 0 Å². The summed E-state index contributed by atoms with van der Waals surface area (Å²) in [5.41, 5.74) is 0. The van der Waals surface area contributed by atoms with E-state index in [-0.39, 0.29) is 10.5 Å². The van der Waals surface area contributed by atoms with Gasteiger partial charge in [0.05, 0.1) is 4.47 Å². The minimum Gasteiger partial charge on any atom is -0.311 e. The summed E-state index contributed by atoms with van der Waals surface area (Å²) in [5, 5.41) is 3.41. The van der Waals surface area contributed by atoms with Crippen molar-refractivity contribution in [3.8, 4) is 0 Å². The molecule has 0 radical (unpaired) electrons. The summed E-state index contributed by atoms with van der Waals surface area (Å²) in [6.07, 6.45) is 3.47. The van der Waals surface area contributed by atoms with E-state index in [0.29, 0.717) is 31.0 Å². The molecule has 2 aliphatic heterocycles. The van der Waals surface area contributed by atoms with Crippen LogP contribution in [-0.2, 0) is 10.0 Å². The SMILES string of the molecule is O=S(=O)(NC1CC2CCC(C1)N2)c1cc(Br)c(F)cc1F. The Morgan fingerprint density at radius 2 is 1.76 bits per heavy atom. The van der Waals surface area contributed by atoms with Crippen LogP contribution in [0.5, 0.6) is 0 Å². The van der Waals surface area contributed by atoms with E-state index in [1.165, 1.54) is 0 Å². The molecule has 21 heavy (non-hydrogen) atoms. The van der Waals surface area contributed by atoms with Crippen LogP contribution in [0.15, 0.2) is 21.5 Å². The van der Waals surface area contributed by atoms with Crippen molar-refractivity contribution in [3.05, 3.63) is 28.2 Å². The minimum atomic E-state index is -4.00. The number of hydrogen-bond donors (Lipinski definition) is 2. The van der Waals surface area contributed by atoms with Crippen molar-refractivity contribution < 1.29 is 17.2 Å². The Hall–Kier alpha value is -0.570. The highest BCUT2D eigenvalue weighted by Crippen LogP contribution is 2.29. The fraction of sp³-hybridized carbons (Fsp3) is 0.538. The molecule has 0 spiro atoms. The third-order valence-corrected chi connectivity index (χ3v) is 6.20. The van der Waals surface area contributed by atoms with Crippen molar-refractivity contribution in [1.82, 2.24) is 10.0 Å². The van der Waals surface area contributed by atoms with Gasteiger partial charge in [-0.2, -0.15) is 0 Å². The van der Waals surface area contributed by atoms with E-state index >= 15 is 0 Å². The molecule has 2 unspecified atom stereocenters. The summed E-state index contributed by atoms with van der Waals surface area (Å²) >= 11 is 2.88. The summed E-state index contributed by atoms with van der Waals surface area (Å²) in [4.78, 5) is -0.526. The van der Waals surface area contributed by atoms with Crippen molar-refractivity contribution in [1.29, 1.82) is 0 Å². The van der Waals surface area contributed by atoms with Crippen molar-refractivity contribution in [2.45, 2.75) is 48.7 Å². The maximum Gasteiger partial charge on any atom is 0.243 e. The largest absolute Gasteiger partial charge is 0.311 e. The van der Waals surface area contributed by atoms with E-state index in [4.69, 9.17) is 0 Å². The standard InChI is InChI=1S/C13H15BrF2N2O2S/c14-10-5-13(12(16)6-11(10)15)21(19,20)18-9-3-7-1-2-8(4-9)17-7/h5-9,17-18H,1-4H2. The van der Waals surface area contributed by atoms with Gasteiger partial charge in [0, 0.05) is 24.2 Å². The number of fused-ring (bicyclic) bond motifs is 2. The Balaban J connectivity index is 1.82. The number of piperidine rings is 1. The van der Waals surface area contributed by atoms with Crippen molar-refractivity contribution in [2.75, 3.05) is 0 Å². The molecule has 0 amide bonds. The predicted molar refractivity (Wildman–Crippen MR) is 77.3 cm³/mol. The zero-order valence-corrected chi connectivity index (χ0v) is 13.5. The lowest BCUT2D eigenvalue weighted by atomic mass is 10.0. The molecular formula is C13H15BrF2N2O2S. The van der Waals surface area contributed by atoms with E-state index in [2.05, 4.69) is 26.0 Å². The maximum absolute atomic E-state index is 13.8. The number of sulfonamides is 1. The highest BCUT2D eigenvalue weighted by molar-refractivity contribution is 9.10. The molecule has 2 heterocycles. The van der Waals surface area contributed by atoms with Crippen LogP contribution in [0.1, 0.15) is 25.7 Å². The van der Waals surface area contributed by atoms with Gasteiger partial charge < -0.3 is 5.32 Å². The Kier molecular flexibility index (Phi) is 4.06. The van der Waals surface area contributed by atoms with E-state index in [1.54, 1.807) is 0 Å². The third kappa shape index (κ3) is 3.13. The second-order valence-electron chi connectivity index (χ2n) is 5.62. The summed E-state index contributed by atoms with van der Waals surface area (Å²) in [7, 11) is -4.00. The molecule has 0 aromatic heterocycles. The average molecular weight is 381 g/mol.